The first kappa shape index (κ1) is 8.07. The summed E-state index contributed by atoms with van der Waals surface area (Å²) >= 11 is 2.59. The van der Waals surface area contributed by atoms with Crippen LogP contribution in [0.15, 0.2) is 24.3 Å². The Morgan fingerprint density at radius 2 is 1.55 bits per heavy atom. The molecule has 0 bridgehead atoms. The van der Waals surface area contributed by atoms with E-state index in [1.165, 1.54) is 11.1 Å². The SMILES string of the molecule is NC(=O)NBr.c1cc2ccc1-2. The number of nitrogens with one attached hydrogen (secondary N) is 1. The van der Waals surface area contributed by atoms with Gasteiger partial charge in [-0.05, 0) is 11.1 Å². The lowest BCUT2D eigenvalue weighted by Crippen LogP contribution is -2.19. The number of benzene rings is 1. The summed E-state index contributed by atoms with van der Waals surface area (Å²) in [6.45, 7) is 0. The molecule has 3 nitrogen and oxygen atoms in total. The molecular weight excluding hydrogens is 208 g/mol. The summed E-state index contributed by atoms with van der Waals surface area (Å²) in [5.74, 6) is 0. The van der Waals surface area contributed by atoms with Crippen LogP contribution >= 0.6 is 16.1 Å². The van der Waals surface area contributed by atoms with Crippen molar-refractivity contribution < 1.29 is 4.79 Å². The van der Waals surface area contributed by atoms with Gasteiger partial charge in [-0.15, -0.1) is 0 Å². The fourth-order valence-electron chi connectivity index (χ4n) is 0.663. The normalized spacial score (nSPS) is 9.18. The van der Waals surface area contributed by atoms with E-state index < -0.39 is 6.03 Å². The zero-order chi connectivity index (χ0) is 8.27. The quantitative estimate of drug-likeness (QED) is 0.644. The van der Waals surface area contributed by atoms with Gasteiger partial charge < -0.3 is 5.73 Å². The van der Waals surface area contributed by atoms with Crippen molar-refractivity contribution in [2.24, 2.45) is 5.73 Å². The van der Waals surface area contributed by atoms with Gasteiger partial charge in [-0.3, -0.25) is 4.34 Å². The van der Waals surface area contributed by atoms with E-state index in [2.05, 4.69) is 46.1 Å². The van der Waals surface area contributed by atoms with E-state index in [1.54, 1.807) is 0 Å². The third kappa shape index (κ3) is 1.94. The second-order valence-electron chi connectivity index (χ2n) is 2.04. The van der Waals surface area contributed by atoms with E-state index in [0.29, 0.717) is 0 Å². The second-order valence-corrected chi connectivity index (χ2v) is 2.43. The van der Waals surface area contributed by atoms with Gasteiger partial charge in [-0.2, -0.15) is 0 Å². The lowest BCUT2D eigenvalue weighted by atomic mass is 9.95. The van der Waals surface area contributed by atoms with Gasteiger partial charge >= 0.3 is 6.03 Å². The van der Waals surface area contributed by atoms with Gasteiger partial charge in [0.2, 0.25) is 0 Å². The van der Waals surface area contributed by atoms with Crippen LogP contribution in [0.4, 0.5) is 4.79 Å². The molecule has 2 rings (SSSR count). The van der Waals surface area contributed by atoms with Crippen LogP contribution in [0.3, 0.4) is 0 Å². The number of halogens is 1. The number of urea groups is 1. The third-order valence-electron chi connectivity index (χ3n) is 1.31. The molecule has 0 saturated heterocycles. The summed E-state index contributed by atoms with van der Waals surface area (Å²) in [6, 6.07) is 7.90. The van der Waals surface area contributed by atoms with Gasteiger partial charge in [-0.25, -0.2) is 4.79 Å². The van der Waals surface area contributed by atoms with Crippen molar-refractivity contribution in [2.75, 3.05) is 0 Å². The Hall–Kier alpha value is -1.03. The van der Waals surface area contributed by atoms with Gasteiger partial charge in [0.05, 0.1) is 16.1 Å². The Labute approximate surface area is 72.9 Å². The molecule has 0 spiro atoms. The van der Waals surface area contributed by atoms with Crippen molar-refractivity contribution in [3.8, 4) is 11.1 Å². The number of hydrogen-bond acceptors (Lipinski definition) is 1. The van der Waals surface area contributed by atoms with Crippen LogP contribution < -0.4 is 10.1 Å². The van der Waals surface area contributed by atoms with E-state index in [9.17, 15) is 4.79 Å². The van der Waals surface area contributed by atoms with Crippen LogP contribution in [0.2, 0.25) is 0 Å². The molecule has 0 aromatic rings. The number of carbonyl (C=O) groups excluding carboxylic acids is 1. The molecule has 3 N–H and O–H groups in total. The molecule has 0 aliphatic heterocycles. The smallest absolute Gasteiger partial charge is 0.322 e. The highest BCUT2D eigenvalue weighted by atomic mass is 79.9. The highest BCUT2D eigenvalue weighted by molar-refractivity contribution is 9.08. The lowest BCUT2D eigenvalue weighted by molar-refractivity contribution is 0.254. The molecule has 0 heterocycles. The Morgan fingerprint density at radius 3 is 1.55 bits per heavy atom. The minimum absolute atomic E-state index is 0.579. The lowest BCUT2D eigenvalue weighted by Gasteiger charge is -2.10. The maximum absolute atomic E-state index is 9.43. The predicted octanol–water partition coefficient (Wildman–Crippen LogP) is 1.63. The Balaban J connectivity index is 0.000000114. The summed E-state index contributed by atoms with van der Waals surface area (Å²) < 4.78 is 1.98. The molecule has 0 radical (unpaired) electrons. The Bertz CT molecular complexity index is 237. The van der Waals surface area contributed by atoms with Gasteiger partial charge in [0.15, 0.2) is 0 Å². The molecule has 4 heteroatoms. The number of nitrogens with two attached hydrogens (primary N) is 1. The average molecular weight is 215 g/mol. The number of hydrogen-bond donors (Lipinski definition) is 2. The van der Waals surface area contributed by atoms with Gasteiger partial charge in [-0.1, -0.05) is 24.3 Å². The maximum Gasteiger partial charge on any atom is 0.322 e. The Morgan fingerprint density at radius 1 is 1.27 bits per heavy atom. The minimum Gasteiger partial charge on any atom is -0.351 e. The van der Waals surface area contributed by atoms with Crippen molar-refractivity contribution in [1.82, 2.24) is 4.34 Å². The fraction of sp³-hybridized carbons (Fsp3) is 0. The highest BCUT2D eigenvalue weighted by Gasteiger charge is 2.03. The van der Waals surface area contributed by atoms with Crippen molar-refractivity contribution in [3.63, 3.8) is 0 Å². The molecule has 0 unspecified atom stereocenters. The first-order chi connectivity index (χ1) is 5.24. The molecule has 2 aliphatic carbocycles. The molecular formula is C7H7BrN2O. The Kier molecular flexibility index (Phi) is 2.48. The van der Waals surface area contributed by atoms with Gasteiger partial charge in [0.1, 0.15) is 0 Å². The summed E-state index contributed by atoms with van der Waals surface area (Å²) in [4.78, 5) is 9.43. The molecule has 11 heavy (non-hydrogen) atoms. The van der Waals surface area contributed by atoms with Crippen LogP contribution in [0.25, 0.3) is 11.1 Å². The first-order valence-corrected chi connectivity index (χ1v) is 3.80. The van der Waals surface area contributed by atoms with E-state index in [0.717, 1.165) is 0 Å². The average Bonchev–Trinajstić information content (AvgIpc) is 1.98. The summed E-state index contributed by atoms with van der Waals surface area (Å²) in [6.07, 6.45) is 0. The second kappa shape index (κ2) is 3.39. The molecule has 0 saturated carbocycles. The van der Waals surface area contributed by atoms with Crippen LogP contribution in [-0.4, -0.2) is 6.03 Å². The molecule has 0 aromatic carbocycles. The predicted molar refractivity (Wildman–Crippen MR) is 47.1 cm³/mol. The number of amides is 2. The van der Waals surface area contributed by atoms with Crippen LogP contribution in [0.1, 0.15) is 0 Å². The molecule has 0 aromatic heterocycles. The van der Waals surface area contributed by atoms with Crippen molar-refractivity contribution >= 4 is 22.2 Å². The zero-order valence-electron chi connectivity index (χ0n) is 5.67. The van der Waals surface area contributed by atoms with Gasteiger partial charge in [0, 0.05) is 0 Å². The fourth-order valence-corrected chi connectivity index (χ4v) is 0.663. The highest BCUT2D eigenvalue weighted by Crippen LogP contribution is 2.29. The van der Waals surface area contributed by atoms with E-state index in [1.807, 2.05) is 4.34 Å². The van der Waals surface area contributed by atoms with Crippen molar-refractivity contribution in [3.05, 3.63) is 24.3 Å². The summed E-state index contributed by atoms with van der Waals surface area (Å²) in [5.41, 5.74) is 7.35. The molecule has 58 valence electrons. The molecule has 0 fully saturated rings. The van der Waals surface area contributed by atoms with Crippen LogP contribution in [-0.2, 0) is 0 Å². The van der Waals surface area contributed by atoms with Crippen LogP contribution in [0.5, 0.6) is 0 Å². The van der Waals surface area contributed by atoms with Crippen LogP contribution in [0, 0.1) is 0 Å². The van der Waals surface area contributed by atoms with E-state index in [4.69, 9.17) is 0 Å². The maximum atomic E-state index is 9.43. The standard InChI is InChI=1S/C6H4.CH3BrN2O/c1-2-6-4-3-5(1)6;2-4-1(3)5/h1-4H;(H3,3,4,5). The zero-order valence-corrected chi connectivity index (χ0v) is 7.26. The monoisotopic (exact) mass is 214 g/mol. The molecule has 2 amide bonds. The van der Waals surface area contributed by atoms with Crippen molar-refractivity contribution in [1.29, 1.82) is 0 Å². The number of carbonyl (C=O) groups is 1. The molecule has 0 atom stereocenters. The third-order valence-corrected chi connectivity index (χ3v) is 1.70. The summed E-state index contributed by atoms with van der Waals surface area (Å²) in [5, 5.41) is 0. The topological polar surface area (TPSA) is 55.1 Å². The first-order valence-electron chi connectivity index (χ1n) is 3.00. The van der Waals surface area contributed by atoms with Gasteiger partial charge in [0.25, 0.3) is 0 Å². The van der Waals surface area contributed by atoms with E-state index >= 15 is 0 Å². The molecule has 2 aliphatic rings. The van der Waals surface area contributed by atoms with Crippen molar-refractivity contribution in [2.45, 2.75) is 0 Å². The minimum atomic E-state index is -0.579. The summed E-state index contributed by atoms with van der Waals surface area (Å²) in [7, 11) is 0. The number of primary amides is 1. The largest absolute Gasteiger partial charge is 0.351 e. The number of rotatable bonds is 0. The number of fused-ring (bicyclic) bond motifs is 1. The van der Waals surface area contributed by atoms with E-state index in [-0.39, 0.29) is 0 Å².